The van der Waals surface area contributed by atoms with Gasteiger partial charge in [-0.05, 0) is 42.3 Å². The quantitative estimate of drug-likeness (QED) is 0.503. The summed E-state index contributed by atoms with van der Waals surface area (Å²) in [7, 11) is 0. The molecule has 0 aliphatic rings. The van der Waals surface area contributed by atoms with E-state index in [1.165, 1.54) is 25.1 Å². The fourth-order valence-corrected chi connectivity index (χ4v) is 2.55. The molecule has 2 amide bonds. The van der Waals surface area contributed by atoms with Crippen molar-refractivity contribution in [3.05, 3.63) is 48.4 Å². The number of nitrogens with two attached hydrogens (primary N) is 1. The lowest BCUT2D eigenvalue weighted by atomic mass is 10.2. The van der Waals surface area contributed by atoms with Crippen molar-refractivity contribution in [3.8, 4) is 11.4 Å². The molecular formula is C16H15N7O2S. The van der Waals surface area contributed by atoms with Gasteiger partial charge in [0.25, 0.3) is 5.91 Å². The van der Waals surface area contributed by atoms with Crippen molar-refractivity contribution in [1.82, 2.24) is 24.9 Å². The van der Waals surface area contributed by atoms with Crippen LogP contribution < -0.4 is 15.8 Å². The first-order chi connectivity index (χ1) is 12.5. The Kier molecular flexibility index (Phi) is 5.13. The van der Waals surface area contributed by atoms with E-state index in [0.29, 0.717) is 17.1 Å². The number of benzene rings is 1. The molecule has 0 aliphatic carbocycles. The highest BCUT2D eigenvalue weighted by Gasteiger charge is 2.15. The summed E-state index contributed by atoms with van der Waals surface area (Å²) in [6, 6.07) is 8.68. The molecule has 0 saturated carbocycles. The number of hydrogen-bond donors (Lipinski definition) is 4. The first-order valence-corrected chi connectivity index (χ1v) is 8.32. The Balaban J connectivity index is 1.73. The second-order valence-electron chi connectivity index (χ2n) is 5.19. The van der Waals surface area contributed by atoms with Gasteiger partial charge in [-0.1, -0.05) is 0 Å². The van der Waals surface area contributed by atoms with Crippen LogP contribution in [0.2, 0.25) is 0 Å². The highest BCUT2D eigenvalue weighted by atomic mass is 32.2. The number of aromatic nitrogens is 4. The van der Waals surface area contributed by atoms with Crippen molar-refractivity contribution < 1.29 is 9.59 Å². The van der Waals surface area contributed by atoms with Gasteiger partial charge in [-0.2, -0.15) is 5.10 Å². The SMILES string of the molecule is CC(=O)NSc1ccc(NC(=O)c2nc(-c3cc[nH]n3)cnc2N)cc1. The van der Waals surface area contributed by atoms with Crippen molar-refractivity contribution in [2.45, 2.75) is 11.8 Å². The number of amides is 2. The first kappa shape index (κ1) is 17.4. The Morgan fingerprint density at radius 3 is 2.58 bits per heavy atom. The maximum atomic E-state index is 12.5. The Hall–Kier alpha value is -3.40. The maximum Gasteiger partial charge on any atom is 0.278 e. The predicted molar refractivity (Wildman–Crippen MR) is 98.1 cm³/mol. The van der Waals surface area contributed by atoms with Crippen LogP contribution in [0.4, 0.5) is 11.5 Å². The summed E-state index contributed by atoms with van der Waals surface area (Å²) in [4.78, 5) is 32.5. The third-order valence-corrected chi connectivity index (χ3v) is 4.10. The van der Waals surface area contributed by atoms with Gasteiger partial charge in [0.2, 0.25) is 5.91 Å². The molecule has 0 saturated heterocycles. The van der Waals surface area contributed by atoms with Gasteiger partial charge < -0.3 is 11.1 Å². The van der Waals surface area contributed by atoms with Crippen molar-refractivity contribution in [3.63, 3.8) is 0 Å². The third-order valence-electron chi connectivity index (χ3n) is 3.20. The predicted octanol–water partition coefficient (Wildman–Crippen LogP) is 1.84. The molecule has 0 fully saturated rings. The zero-order chi connectivity index (χ0) is 18.5. The summed E-state index contributed by atoms with van der Waals surface area (Å²) in [6.45, 7) is 1.43. The zero-order valence-electron chi connectivity index (χ0n) is 13.7. The number of anilines is 2. The van der Waals surface area contributed by atoms with Crippen molar-refractivity contribution in [2.24, 2.45) is 0 Å². The molecule has 0 aliphatic heterocycles. The lowest BCUT2D eigenvalue weighted by molar-refractivity contribution is -0.117. The average Bonchev–Trinajstić information content (AvgIpc) is 3.16. The average molecular weight is 369 g/mol. The number of rotatable bonds is 5. The molecule has 0 spiro atoms. The van der Waals surface area contributed by atoms with Gasteiger partial charge in [0.15, 0.2) is 11.5 Å². The zero-order valence-corrected chi connectivity index (χ0v) is 14.5. The number of hydrogen-bond acceptors (Lipinski definition) is 7. The van der Waals surface area contributed by atoms with Crippen LogP contribution >= 0.6 is 11.9 Å². The van der Waals surface area contributed by atoms with E-state index < -0.39 is 5.91 Å². The minimum atomic E-state index is -0.477. The summed E-state index contributed by atoms with van der Waals surface area (Å²) in [5, 5.41) is 9.40. The number of nitrogens with zero attached hydrogens (tertiary/aromatic N) is 3. The van der Waals surface area contributed by atoms with E-state index in [1.807, 2.05) is 0 Å². The first-order valence-electron chi connectivity index (χ1n) is 7.50. The second-order valence-corrected chi connectivity index (χ2v) is 6.07. The lowest BCUT2D eigenvalue weighted by Gasteiger charge is -2.08. The van der Waals surface area contributed by atoms with Crippen LogP contribution in [0, 0.1) is 0 Å². The molecule has 1 aromatic carbocycles. The molecule has 0 unspecified atom stereocenters. The van der Waals surface area contributed by atoms with Crippen molar-refractivity contribution in [1.29, 1.82) is 0 Å². The fourth-order valence-electron chi connectivity index (χ4n) is 2.02. The van der Waals surface area contributed by atoms with Crippen LogP contribution in [0.3, 0.4) is 0 Å². The molecule has 3 rings (SSSR count). The second kappa shape index (κ2) is 7.66. The lowest BCUT2D eigenvalue weighted by Crippen LogP contribution is -2.17. The highest BCUT2D eigenvalue weighted by Crippen LogP contribution is 2.20. The number of nitrogens with one attached hydrogen (secondary N) is 3. The Bertz CT molecular complexity index is 926. The van der Waals surface area contributed by atoms with Gasteiger partial charge in [0.05, 0.1) is 6.20 Å². The van der Waals surface area contributed by atoms with E-state index in [4.69, 9.17) is 5.73 Å². The molecule has 0 radical (unpaired) electrons. The molecule has 2 heterocycles. The minimum absolute atomic E-state index is 0.0159. The third kappa shape index (κ3) is 4.16. The Morgan fingerprint density at radius 2 is 1.92 bits per heavy atom. The van der Waals surface area contributed by atoms with Gasteiger partial charge in [-0.3, -0.25) is 19.4 Å². The van der Waals surface area contributed by atoms with Gasteiger partial charge in [-0.15, -0.1) is 0 Å². The molecule has 5 N–H and O–H groups in total. The van der Waals surface area contributed by atoms with Gasteiger partial charge in [-0.25, -0.2) is 9.97 Å². The largest absolute Gasteiger partial charge is 0.382 e. The van der Waals surface area contributed by atoms with Gasteiger partial charge >= 0.3 is 0 Å². The molecule has 9 nitrogen and oxygen atoms in total. The molecule has 2 aromatic heterocycles. The summed E-state index contributed by atoms with van der Waals surface area (Å²) in [6.07, 6.45) is 3.10. The summed E-state index contributed by atoms with van der Waals surface area (Å²) >= 11 is 1.19. The molecule has 26 heavy (non-hydrogen) atoms. The van der Waals surface area contributed by atoms with E-state index >= 15 is 0 Å². The van der Waals surface area contributed by atoms with E-state index in [1.54, 1.807) is 36.5 Å². The summed E-state index contributed by atoms with van der Waals surface area (Å²) in [5.41, 5.74) is 7.36. The van der Waals surface area contributed by atoms with Gasteiger partial charge in [0.1, 0.15) is 11.4 Å². The smallest absolute Gasteiger partial charge is 0.278 e. The normalized spacial score (nSPS) is 10.3. The minimum Gasteiger partial charge on any atom is -0.382 e. The van der Waals surface area contributed by atoms with Crippen LogP contribution in [0.15, 0.2) is 47.6 Å². The van der Waals surface area contributed by atoms with Crippen molar-refractivity contribution in [2.75, 3.05) is 11.1 Å². The Labute approximate surface area is 152 Å². The number of carbonyl (C=O) groups excluding carboxylic acids is 2. The van der Waals surface area contributed by atoms with E-state index in [0.717, 1.165) is 4.90 Å². The van der Waals surface area contributed by atoms with Crippen LogP contribution in [0.5, 0.6) is 0 Å². The molecule has 3 aromatic rings. The fraction of sp³-hybridized carbons (Fsp3) is 0.0625. The maximum absolute atomic E-state index is 12.5. The number of aromatic amines is 1. The summed E-state index contributed by atoms with van der Waals surface area (Å²) in [5.74, 6) is -0.590. The molecule has 132 valence electrons. The Morgan fingerprint density at radius 1 is 1.15 bits per heavy atom. The van der Waals surface area contributed by atoms with Crippen LogP contribution in [0.1, 0.15) is 17.4 Å². The molecule has 0 atom stereocenters. The highest BCUT2D eigenvalue weighted by molar-refractivity contribution is 7.98. The van der Waals surface area contributed by atoms with Gasteiger partial charge in [0, 0.05) is 23.7 Å². The van der Waals surface area contributed by atoms with E-state index in [2.05, 4.69) is 30.2 Å². The number of H-pyrrole nitrogens is 1. The van der Waals surface area contributed by atoms with E-state index in [-0.39, 0.29) is 17.4 Å². The molecule has 0 bridgehead atoms. The molecule has 10 heteroatoms. The topological polar surface area (TPSA) is 139 Å². The monoisotopic (exact) mass is 369 g/mol. The van der Waals surface area contributed by atoms with Crippen LogP contribution in [-0.4, -0.2) is 32.0 Å². The van der Waals surface area contributed by atoms with E-state index in [9.17, 15) is 9.59 Å². The van der Waals surface area contributed by atoms with Crippen LogP contribution in [0.25, 0.3) is 11.4 Å². The van der Waals surface area contributed by atoms with Crippen molar-refractivity contribution >= 4 is 35.3 Å². The molecular weight excluding hydrogens is 354 g/mol. The summed E-state index contributed by atoms with van der Waals surface area (Å²) < 4.78 is 2.62. The standard InChI is InChI=1S/C16H15N7O2S/c1-9(24)23-26-11-4-2-10(3-5-11)20-16(25)14-15(17)18-8-13(21-14)12-6-7-19-22-12/h2-8H,1H3,(H2,17,18)(H,19,22)(H,20,25)(H,23,24). The number of carbonyl (C=O) groups is 2. The van der Waals surface area contributed by atoms with Crippen LogP contribution in [-0.2, 0) is 4.79 Å². The number of nitrogen functional groups attached to an aromatic ring is 1.